The zero-order chi connectivity index (χ0) is 23.4. The summed E-state index contributed by atoms with van der Waals surface area (Å²) < 4.78 is 20.9. The molecule has 0 bridgehead atoms. The van der Waals surface area contributed by atoms with E-state index in [9.17, 15) is 5.11 Å². The molecule has 2 aliphatic heterocycles. The highest BCUT2D eigenvalue weighted by molar-refractivity contribution is 7.18. The highest BCUT2D eigenvalue weighted by Crippen LogP contribution is 2.37. The Kier molecular flexibility index (Phi) is 5.10. The number of fused-ring (bicyclic) bond motifs is 2. The molecule has 6 rings (SSSR count). The summed E-state index contributed by atoms with van der Waals surface area (Å²) in [5.41, 5.74) is 9.03. The smallest absolute Gasteiger partial charge is 0.204 e. The molecule has 1 fully saturated rings. The lowest BCUT2D eigenvalue weighted by Crippen LogP contribution is -2.55. The molecule has 3 N–H and O–H groups in total. The summed E-state index contributed by atoms with van der Waals surface area (Å²) in [7, 11) is 0. The molecule has 4 heterocycles. The molecule has 0 amide bonds. The van der Waals surface area contributed by atoms with Crippen LogP contribution >= 0.6 is 11.3 Å². The molecule has 0 radical (unpaired) electrons. The van der Waals surface area contributed by atoms with Crippen molar-refractivity contribution in [2.24, 2.45) is 5.73 Å². The average Bonchev–Trinajstić information content (AvgIpc) is 3.42. The Morgan fingerprint density at radius 2 is 1.94 bits per heavy atom. The van der Waals surface area contributed by atoms with Gasteiger partial charge in [0.1, 0.15) is 11.9 Å². The van der Waals surface area contributed by atoms with Gasteiger partial charge in [-0.25, -0.2) is 14.6 Å². The third kappa shape index (κ3) is 3.55. The number of rotatable bonds is 3. The molecular formula is C24H23N5O4S. The van der Waals surface area contributed by atoms with Crippen LogP contribution in [0.5, 0.6) is 0 Å². The Morgan fingerprint density at radius 3 is 2.76 bits per heavy atom. The molecule has 9 nitrogen and oxygen atoms in total. The van der Waals surface area contributed by atoms with Gasteiger partial charge in [-0.2, -0.15) is 5.10 Å². The van der Waals surface area contributed by atoms with E-state index in [1.54, 1.807) is 22.9 Å². The van der Waals surface area contributed by atoms with Crippen LogP contribution in [-0.2, 0) is 14.2 Å². The van der Waals surface area contributed by atoms with E-state index < -0.39 is 24.5 Å². The molecule has 4 atom stereocenters. The second kappa shape index (κ2) is 8.17. The maximum Gasteiger partial charge on any atom is 0.204 e. The number of aromatic nitrogens is 4. The van der Waals surface area contributed by atoms with Crippen LogP contribution in [0.3, 0.4) is 0 Å². The van der Waals surface area contributed by atoms with E-state index in [0.717, 1.165) is 26.5 Å². The zero-order valence-corrected chi connectivity index (χ0v) is 19.4. The van der Waals surface area contributed by atoms with Gasteiger partial charge in [0.05, 0.1) is 33.6 Å². The van der Waals surface area contributed by atoms with E-state index in [1.165, 1.54) is 0 Å². The maximum absolute atomic E-state index is 11.1. The third-order valence-corrected chi connectivity index (χ3v) is 6.88. The largest absolute Gasteiger partial charge is 0.507 e. The molecule has 174 valence electrons. The average molecular weight is 478 g/mol. The minimum absolute atomic E-state index is 0.127. The summed E-state index contributed by atoms with van der Waals surface area (Å²) in [5.74, 6) is 0.962. The topological polar surface area (TPSA) is 118 Å². The van der Waals surface area contributed by atoms with E-state index in [4.69, 9.17) is 19.9 Å². The van der Waals surface area contributed by atoms with E-state index >= 15 is 0 Å². The van der Waals surface area contributed by atoms with E-state index in [2.05, 4.69) is 15.1 Å². The van der Waals surface area contributed by atoms with Gasteiger partial charge in [0.15, 0.2) is 18.2 Å². The fourth-order valence-corrected chi connectivity index (χ4v) is 5.20. The number of ether oxygens (including phenoxy) is 3. The van der Waals surface area contributed by atoms with E-state index in [1.807, 2.05) is 55.5 Å². The van der Waals surface area contributed by atoms with Crippen molar-refractivity contribution in [3.63, 3.8) is 0 Å². The van der Waals surface area contributed by atoms with Gasteiger partial charge in [-0.15, -0.1) is 11.3 Å². The number of benzene rings is 2. The van der Waals surface area contributed by atoms with Crippen LogP contribution < -0.4 is 5.73 Å². The van der Waals surface area contributed by atoms with Crippen LogP contribution in [0.1, 0.15) is 28.5 Å². The van der Waals surface area contributed by atoms with Crippen LogP contribution in [-0.4, -0.2) is 49.7 Å². The molecule has 1 saturated heterocycles. The number of thiazole rings is 1. The van der Waals surface area contributed by atoms with Crippen LogP contribution in [0.2, 0.25) is 0 Å². The Balaban J connectivity index is 1.35. The summed E-state index contributed by atoms with van der Waals surface area (Å²) >= 11 is 1.61. The first kappa shape index (κ1) is 21.2. The normalized spacial score (nSPS) is 24.8. The first-order valence-corrected chi connectivity index (χ1v) is 11.8. The van der Waals surface area contributed by atoms with Crippen molar-refractivity contribution < 1.29 is 19.3 Å². The van der Waals surface area contributed by atoms with Crippen molar-refractivity contribution in [1.82, 2.24) is 19.7 Å². The summed E-state index contributed by atoms with van der Waals surface area (Å²) in [6, 6.07) is 14.7. The minimum Gasteiger partial charge on any atom is -0.507 e. The minimum atomic E-state index is -0.805. The number of nitrogens with zero attached hydrogens (tertiary/aromatic N) is 4. The van der Waals surface area contributed by atoms with E-state index in [-0.39, 0.29) is 18.1 Å². The van der Waals surface area contributed by atoms with Crippen LogP contribution in [0.25, 0.3) is 21.7 Å². The molecule has 0 saturated carbocycles. The summed E-state index contributed by atoms with van der Waals surface area (Å²) in [6.45, 7) is 4.02. The maximum atomic E-state index is 11.1. The molecule has 0 spiro atoms. The Hall–Kier alpha value is -3.31. The standard InChI is InChI=1S/C24H23N5O4S/c1-12-26-23(29(28-12)15-8-9-16-18(10-15)34-13(2)27-16)22-20(30)19(25)21-17(32-22)11-31-24(33-21)14-6-4-3-5-7-14/h3-10,17,19,21,24,30H,11,25H2,1-2H3/t17?,19?,21-,24?/m0/s1. The number of aryl methyl sites for hydroxylation is 2. The lowest BCUT2D eigenvalue weighted by Gasteiger charge is -2.42. The van der Waals surface area contributed by atoms with Crippen LogP contribution in [0, 0.1) is 13.8 Å². The highest BCUT2D eigenvalue weighted by atomic mass is 32.1. The van der Waals surface area contributed by atoms with Crippen LogP contribution in [0.15, 0.2) is 54.3 Å². The number of aliphatic hydroxyl groups excluding tert-OH is 1. The number of nitrogens with two attached hydrogens (primary N) is 1. The molecule has 2 aromatic carbocycles. The van der Waals surface area contributed by atoms with Gasteiger partial charge in [0.25, 0.3) is 0 Å². The van der Waals surface area contributed by atoms with E-state index in [0.29, 0.717) is 11.6 Å². The van der Waals surface area contributed by atoms with Gasteiger partial charge in [-0.1, -0.05) is 30.3 Å². The summed E-state index contributed by atoms with van der Waals surface area (Å²) in [6.07, 6.45) is -1.65. The monoisotopic (exact) mass is 477 g/mol. The second-order valence-corrected chi connectivity index (χ2v) is 9.59. The lowest BCUT2D eigenvalue weighted by atomic mass is 9.99. The van der Waals surface area contributed by atoms with Crippen molar-refractivity contribution in [2.45, 2.75) is 38.4 Å². The Bertz CT molecular complexity index is 1400. The SMILES string of the molecule is Cc1nc(C2=C(O)C(N)[C@H]3OC(c4ccccc4)OCC3O2)n(-c2ccc3nc(C)sc3c2)n1. The summed E-state index contributed by atoms with van der Waals surface area (Å²) in [5, 5.41) is 16.6. The van der Waals surface area contributed by atoms with Crippen LogP contribution in [0.4, 0.5) is 0 Å². The molecule has 4 aromatic rings. The number of hydrogen-bond donors (Lipinski definition) is 2. The second-order valence-electron chi connectivity index (χ2n) is 8.35. The van der Waals surface area contributed by atoms with Crippen molar-refractivity contribution in [3.8, 4) is 5.69 Å². The predicted octanol–water partition coefficient (Wildman–Crippen LogP) is 3.56. The molecule has 34 heavy (non-hydrogen) atoms. The molecule has 2 aromatic heterocycles. The highest BCUT2D eigenvalue weighted by Gasteiger charge is 2.45. The number of hydrogen-bond acceptors (Lipinski definition) is 9. The Labute approximate surface area is 199 Å². The van der Waals surface area contributed by atoms with Crippen molar-refractivity contribution >= 4 is 27.3 Å². The van der Waals surface area contributed by atoms with Gasteiger partial charge in [0, 0.05) is 5.56 Å². The van der Waals surface area contributed by atoms with Crippen molar-refractivity contribution in [2.75, 3.05) is 6.61 Å². The number of aliphatic hydroxyl groups is 1. The Morgan fingerprint density at radius 1 is 1.12 bits per heavy atom. The third-order valence-electron chi connectivity index (χ3n) is 5.94. The molecule has 2 aliphatic rings. The van der Waals surface area contributed by atoms with Gasteiger partial charge in [0.2, 0.25) is 11.6 Å². The molecule has 3 unspecified atom stereocenters. The quantitative estimate of drug-likeness (QED) is 0.460. The summed E-state index contributed by atoms with van der Waals surface area (Å²) in [4.78, 5) is 9.06. The van der Waals surface area contributed by atoms with Gasteiger partial charge in [-0.05, 0) is 32.0 Å². The van der Waals surface area contributed by atoms with Gasteiger partial charge >= 0.3 is 0 Å². The molecular weight excluding hydrogens is 454 g/mol. The fourth-order valence-electron chi connectivity index (χ4n) is 4.34. The first-order valence-electron chi connectivity index (χ1n) is 11.0. The molecule has 0 aliphatic carbocycles. The fraction of sp³-hybridized carbons (Fsp3) is 0.292. The van der Waals surface area contributed by atoms with Gasteiger partial charge in [-0.3, -0.25) is 0 Å². The van der Waals surface area contributed by atoms with Gasteiger partial charge < -0.3 is 25.1 Å². The lowest BCUT2D eigenvalue weighted by molar-refractivity contribution is -0.263. The van der Waals surface area contributed by atoms with Crippen molar-refractivity contribution in [1.29, 1.82) is 0 Å². The molecule has 10 heteroatoms. The first-order chi connectivity index (χ1) is 16.5. The predicted molar refractivity (Wildman–Crippen MR) is 126 cm³/mol. The zero-order valence-electron chi connectivity index (χ0n) is 18.6. The van der Waals surface area contributed by atoms with Crippen molar-refractivity contribution in [3.05, 3.63) is 76.5 Å².